The predicted molar refractivity (Wildman–Crippen MR) is 117 cm³/mol. The lowest BCUT2D eigenvalue weighted by molar-refractivity contribution is 0.284. The van der Waals surface area contributed by atoms with Gasteiger partial charge in [-0.3, -0.25) is 0 Å². The molecule has 0 saturated carbocycles. The molecule has 0 saturated heterocycles. The van der Waals surface area contributed by atoms with Crippen LogP contribution in [0.3, 0.4) is 0 Å². The quantitative estimate of drug-likeness (QED) is 0.626. The maximum atomic E-state index is 6.01. The van der Waals surface area contributed by atoms with E-state index in [0.717, 1.165) is 47.1 Å². The van der Waals surface area contributed by atoms with Gasteiger partial charge >= 0.3 is 0 Å². The number of rotatable bonds is 7. The third-order valence-electron chi connectivity index (χ3n) is 5.48. The third-order valence-corrected chi connectivity index (χ3v) is 5.48. The van der Waals surface area contributed by atoms with Crippen molar-refractivity contribution in [1.82, 2.24) is 5.32 Å². The highest BCUT2D eigenvalue weighted by Gasteiger charge is 2.26. The van der Waals surface area contributed by atoms with Gasteiger partial charge in [0.25, 0.3) is 0 Å². The van der Waals surface area contributed by atoms with Crippen LogP contribution in [0, 0.1) is 0 Å². The Morgan fingerprint density at radius 2 is 1.60 bits per heavy atom. The van der Waals surface area contributed by atoms with Crippen LogP contribution in [0.2, 0.25) is 0 Å². The number of methoxy groups -OCH3 is 3. The normalized spacial score (nSPS) is 15.2. The van der Waals surface area contributed by atoms with Crippen LogP contribution in [-0.4, -0.2) is 27.9 Å². The number of hydrogen-bond donors (Lipinski definition) is 1. The summed E-state index contributed by atoms with van der Waals surface area (Å²) >= 11 is 0. The second-order valence-corrected chi connectivity index (χ2v) is 7.19. The summed E-state index contributed by atoms with van der Waals surface area (Å²) in [5.74, 6) is 3.03. The van der Waals surface area contributed by atoms with E-state index in [2.05, 4.69) is 17.4 Å². The molecule has 1 heterocycles. The van der Waals surface area contributed by atoms with Gasteiger partial charge in [0, 0.05) is 12.1 Å². The molecule has 5 nitrogen and oxygen atoms in total. The van der Waals surface area contributed by atoms with Crippen LogP contribution >= 0.6 is 0 Å². The summed E-state index contributed by atoms with van der Waals surface area (Å²) in [7, 11) is 5.03. The highest BCUT2D eigenvalue weighted by molar-refractivity contribution is 5.55. The molecule has 156 valence electrons. The van der Waals surface area contributed by atoms with Crippen molar-refractivity contribution in [2.24, 2.45) is 0 Å². The highest BCUT2D eigenvalue weighted by Crippen LogP contribution is 2.41. The molecular weight excluding hydrogens is 378 g/mol. The van der Waals surface area contributed by atoms with E-state index in [4.69, 9.17) is 18.9 Å². The van der Waals surface area contributed by atoms with E-state index in [1.54, 1.807) is 21.3 Å². The first-order chi connectivity index (χ1) is 14.7. The molecule has 0 spiro atoms. The molecule has 0 bridgehead atoms. The molecule has 5 heteroatoms. The minimum Gasteiger partial charge on any atom is -0.493 e. The summed E-state index contributed by atoms with van der Waals surface area (Å²) in [5.41, 5.74) is 4.61. The van der Waals surface area contributed by atoms with Crippen LogP contribution in [0.15, 0.2) is 60.7 Å². The second kappa shape index (κ2) is 9.09. The SMILES string of the molecule is COc1cc(C2NCCc3c2ccc(OC)c3OC)ccc1OCc1ccccc1. The second-order valence-electron chi connectivity index (χ2n) is 7.19. The molecular formula is C25H27NO4. The number of benzene rings is 3. The number of hydrogen-bond acceptors (Lipinski definition) is 5. The van der Waals surface area contributed by atoms with Gasteiger partial charge in [-0.25, -0.2) is 0 Å². The number of nitrogens with one attached hydrogen (secondary N) is 1. The smallest absolute Gasteiger partial charge is 0.164 e. The lowest BCUT2D eigenvalue weighted by Crippen LogP contribution is -2.31. The monoisotopic (exact) mass is 405 g/mol. The van der Waals surface area contributed by atoms with Gasteiger partial charge in [-0.15, -0.1) is 0 Å². The number of fused-ring (bicyclic) bond motifs is 1. The third kappa shape index (κ3) is 3.94. The fourth-order valence-electron chi connectivity index (χ4n) is 4.00. The van der Waals surface area contributed by atoms with Crippen LogP contribution in [0.5, 0.6) is 23.0 Å². The molecule has 0 amide bonds. The fourth-order valence-corrected chi connectivity index (χ4v) is 4.00. The van der Waals surface area contributed by atoms with E-state index in [0.29, 0.717) is 6.61 Å². The minimum absolute atomic E-state index is 0.0469. The van der Waals surface area contributed by atoms with Gasteiger partial charge in [-0.1, -0.05) is 42.5 Å². The Labute approximate surface area is 177 Å². The summed E-state index contributed by atoms with van der Waals surface area (Å²) in [4.78, 5) is 0. The molecule has 3 aromatic rings. The Morgan fingerprint density at radius 1 is 0.833 bits per heavy atom. The van der Waals surface area contributed by atoms with Crippen molar-refractivity contribution >= 4 is 0 Å². The van der Waals surface area contributed by atoms with Gasteiger partial charge in [0.1, 0.15) is 6.61 Å². The van der Waals surface area contributed by atoms with Crippen molar-refractivity contribution in [1.29, 1.82) is 0 Å². The van der Waals surface area contributed by atoms with Gasteiger partial charge in [-0.2, -0.15) is 0 Å². The lowest BCUT2D eigenvalue weighted by Gasteiger charge is -2.29. The molecule has 0 aliphatic carbocycles. The van der Waals surface area contributed by atoms with Crippen molar-refractivity contribution in [2.45, 2.75) is 19.1 Å². The summed E-state index contributed by atoms with van der Waals surface area (Å²) in [6.07, 6.45) is 0.890. The molecule has 1 aliphatic heterocycles. The van der Waals surface area contributed by atoms with Crippen LogP contribution in [0.4, 0.5) is 0 Å². The van der Waals surface area contributed by atoms with Crippen LogP contribution in [0.25, 0.3) is 0 Å². The molecule has 30 heavy (non-hydrogen) atoms. The molecule has 1 atom stereocenters. The van der Waals surface area contributed by atoms with E-state index in [1.807, 2.05) is 48.5 Å². The van der Waals surface area contributed by atoms with E-state index in [9.17, 15) is 0 Å². The maximum absolute atomic E-state index is 6.01. The number of ether oxygens (including phenoxy) is 4. The molecule has 1 N–H and O–H groups in total. The van der Waals surface area contributed by atoms with E-state index < -0.39 is 0 Å². The zero-order valence-corrected chi connectivity index (χ0v) is 17.6. The minimum atomic E-state index is 0.0469. The molecule has 0 radical (unpaired) electrons. The Balaban J connectivity index is 1.62. The maximum Gasteiger partial charge on any atom is 0.164 e. The average Bonchev–Trinajstić information content (AvgIpc) is 2.82. The Bertz CT molecular complexity index is 1000. The first-order valence-corrected chi connectivity index (χ1v) is 10.1. The van der Waals surface area contributed by atoms with Crippen molar-refractivity contribution in [3.63, 3.8) is 0 Å². The molecule has 0 aromatic heterocycles. The van der Waals surface area contributed by atoms with Gasteiger partial charge in [0.15, 0.2) is 23.0 Å². The van der Waals surface area contributed by atoms with Crippen molar-refractivity contribution < 1.29 is 18.9 Å². The van der Waals surface area contributed by atoms with E-state index in [1.165, 1.54) is 11.1 Å². The van der Waals surface area contributed by atoms with E-state index in [-0.39, 0.29) is 6.04 Å². The molecule has 1 aliphatic rings. The Morgan fingerprint density at radius 3 is 2.33 bits per heavy atom. The van der Waals surface area contributed by atoms with Crippen molar-refractivity contribution in [3.05, 3.63) is 82.9 Å². The zero-order valence-electron chi connectivity index (χ0n) is 17.6. The highest BCUT2D eigenvalue weighted by atomic mass is 16.5. The summed E-state index contributed by atoms with van der Waals surface area (Å²) in [6.45, 7) is 1.35. The predicted octanol–water partition coefficient (Wildman–Crippen LogP) is 4.53. The van der Waals surface area contributed by atoms with Gasteiger partial charge in [0.2, 0.25) is 0 Å². The lowest BCUT2D eigenvalue weighted by atomic mass is 9.89. The Hall–Kier alpha value is -3.18. The van der Waals surface area contributed by atoms with Gasteiger partial charge < -0.3 is 24.3 Å². The fraction of sp³-hybridized carbons (Fsp3) is 0.280. The van der Waals surface area contributed by atoms with Crippen molar-refractivity contribution in [3.8, 4) is 23.0 Å². The molecule has 0 fully saturated rings. The topological polar surface area (TPSA) is 49.0 Å². The standard InChI is InChI=1S/C25H27NO4/c1-27-22-12-10-19-20(25(22)29-3)13-14-26-24(19)18-9-11-21(23(15-18)28-2)30-16-17-7-5-4-6-8-17/h4-12,15,24,26H,13-14,16H2,1-3H3. The average molecular weight is 405 g/mol. The van der Waals surface area contributed by atoms with Gasteiger partial charge in [0.05, 0.1) is 27.4 Å². The van der Waals surface area contributed by atoms with Gasteiger partial charge in [-0.05, 0) is 41.3 Å². The molecule has 3 aromatic carbocycles. The van der Waals surface area contributed by atoms with Crippen LogP contribution < -0.4 is 24.3 Å². The summed E-state index contributed by atoms with van der Waals surface area (Å²) < 4.78 is 22.8. The molecule has 4 rings (SSSR count). The summed E-state index contributed by atoms with van der Waals surface area (Å²) in [5, 5.41) is 3.62. The van der Waals surface area contributed by atoms with Crippen LogP contribution in [0.1, 0.15) is 28.3 Å². The van der Waals surface area contributed by atoms with E-state index >= 15 is 0 Å². The Kier molecular flexibility index (Phi) is 6.10. The first kappa shape index (κ1) is 20.1. The zero-order chi connectivity index (χ0) is 20.9. The van der Waals surface area contributed by atoms with Crippen LogP contribution in [-0.2, 0) is 13.0 Å². The molecule has 1 unspecified atom stereocenters. The largest absolute Gasteiger partial charge is 0.493 e. The van der Waals surface area contributed by atoms with Crippen molar-refractivity contribution in [2.75, 3.05) is 27.9 Å². The first-order valence-electron chi connectivity index (χ1n) is 10.1. The summed E-state index contributed by atoms with van der Waals surface area (Å²) in [6, 6.07) is 20.3.